The molecule has 150 valence electrons. The fourth-order valence-electron chi connectivity index (χ4n) is 3.49. The van der Waals surface area contributed by atoms with Gasteiger partial charge in [-0.25, -0.2) is 13.2 Å². The lowest BCUT2D eigenvalue weighted by atomic mass is 10.2. The van der Waals surface area contributed by atoms with Crippen molar-refractivity contribution < 1.29 is 27.1 Å². The van der Waals surface area contributed by atoms with Crippen molar-refractivity contribution >= 4 is 34.5 Å². The molecule has 0 saturated carbocycles. The van der Waals surface area contributed by atoms with E-state index >= 15 is 0 Å². The van der Waals surface area contributed by atoms with Crippen LogP contribution in [0.1, 0.15) is 20.8 Å². The molecule has 2 aromatic rings. The third-order valence-electron chi connectivity index (χ3n) is 4.75. The van der Waals surface area contributed by atoms with Crippen LogP contribution in [0.3, 0.4) is 0 Å². The molecular weight excluding hydrogens is 396 g/mol. The molecule has 0 N–H and O–H groups in total. The van der Waals surface area contributed by atoms with Gasteiger partial charge in [-0.1, -0.05) is 81.4 Å². The zero-order chi connectivity index (χ0) is 20.6. The summed E-state index contributed by atoms with van der Waals surface area (Å²) in [5.41, 5.74) is 0. The number of carbonyl (C=O) groups is 1. The number of ether oxygens (including phenoxy) is 2. The Morgan fingerprint density at radius 1 is 0.964 bits per heavy atom. The summed E-state index contributed by atoms with van der Waals surface area (Å²) < 4.78 is 42.3. The first-order chi connectivity index (χ1) is 13.0. The third kappa shape index (κ3) is 3.41. The summed E-state index contributed by atoms with van der Waals surface area (Å²) in [6.07, 6.45) is 0.948. The molecule has 1 saturated heterocycles. The van der Waals surface area contributed by atoms with Crippen molar-refractivity contribution in [1.82, 2.24) is 0 Å². The quantitative estimate of drug-likeness (QED) is 0.542. The molecule has 0 spiro atoms. The molecule has 0 radical (unpaired) electrons. The number of cyclic esters (lactones) is 1. The molecule has 1 aliphatic rings. The Kier molecular flexibility index (Phi) is 5.26. The second-order valence-corrected chi connectivity index (χ2v) is 14.1. The van der Waals surface area contributed by atoms with Crippen LogP contribution in [-0.2, 0) is 28.5 Å². The average Bonchev–Trinajstić information content (AvgIpc) is 3.02. The van der Waals surface area contributed by atoms with E-state index in [-0.39, 0.29) is 0 Å². The molecule has 0 aliphatic carbocycles. The van der Waals surface area contributed by atoms with Crippen molar-refractivity contribution in [1.29, 1.82) is 0 Å². The number of hydrogen-bond donors (Lipinski definition) is 0. The normalized spacial score (nSPS) is 20.8. The van der Waals surface area contributed by atoms with E-state index in [1.54, 1.807) is 0 Å². The lowest BCUT2D eigenvalue weighted by Crippen LogP contribution is -2.70. The van der Waals surface area contributed by atoms with Gasteiger partial charge in [-0.3, -0.25) is 4.74 Å². The smallest absolute Gasteiger partial charge is 0.394 e. The highest BCUT2D eigenvalue weighted by Gasteiger charge is 2.63. The summed E-state index contributed by atoms with van der Waals surface area (Å²) in [6.45, 7) is 5.50. The van der Waals surface area contributed by atoms with Gasteiger partial charge in [0.15, 0.2) is 6.61 Å². The fourth-order valence-corrected chi connectivity index (χ4v) is 9.40. The van der Waals surface area contributed by atoms with Crippen molar-refractivity contribution in [2.45, 2.75) is 31.1 Å². The lowest BCUT2D eigenvalue weighted by Gasteiger charge is -2.45. The molecule has 3 rings (SSSR count). The largest absolute Gasteiger partial charge is 0.431 e. The first-order valence-electron chi connectivity index (χ1n) is 8.88. The van der Waals surface area contributed by atoms with Gasteiger partial charge in [-0.2, -0.15) is 0 Å². The van der Waals surface area contributed by atoms with Gasteiger partial charge < -0.3 is 9.16 Å². The summed E-state index contributed by atoms with van der Waals surface area (Å²) in [6, 6.07) is 18.9. The molecule has 1 heterocycles. The van der Waals surface area contributed by atoms with Crippen LogP contribution >= 0.6 is 0 Å². The minimum atomic E-state index is -4.06. The topological polar surface area (TPSA) is 78.9 Å². The summed E-state index contributed by atoms with van der Waals surface area (Å²) in [5.74, 6) is -0.775. The Hall–Kier alpha value is -2.00. The molecule has 0 bridgehead atoms. The van der Waals surface area contributed by atoms with E-state index in [2.05, 4.69) is 0 Å². The van der Waals surface area contributed by atoms with E-state index < -0.39 is 41.1 Å². The standard InChI is InChI=1S/C20H24O6SSi/c1-19(2,3)28(16-11-7-5-8-12-16,17-13-9-6-10-14-17)26-20(27(4,22)23)24-15-18(21)25-20/h5-14H,15H2,1-4H3. The third-order valence-corrected chi connectivity index (χ3v) is 11.1. The maximum atomic E-state index is 12.7. The number of sulfone groups is 1. The van der Waals surface area contributed by atoms with E-state index in [4.69, 9.17) is 13.9 Å². The number of carbonyl (C=O) groups excluding carboxylic acids is 1. The molecule has 6 nitrogen and oxygen atoms in total. The van der Waals surface area contributed by atoms with Gasteiger partial charge in [0.1, 0.15) is 0 Å². The van der Waals surface area contributed by atoms with Crippen molar-refractivity contribution in [3.8, 4) is 0 Å². The maximum Gasteiger partial charge on any atom is 0.431 e. The Labute approximate surface area is 166 Å². The van der Waals surface area contributed by atoms with Gasteiger partial charge in [-0.15, -0.1) is 0 Å². The molecule has 1 atom stereocenters. The van der Waals surface area contributed by atoms with Crippen LogP contribution in [0.25, 0.3) is 0 Å². The Morgan fingerprint density at radius 2 is 1.43 bits per heavy atom. The van der Waals surface area contributed by atoms with Gasteiger partial charge in [0.25, 0.3) is 8.32 Å². The highest BCUT2D eigenvalue weighted by atomic mass is 32.2. The van der Waals surface area contributed by atoms with E-state index in [9.17, 15) is 13.2 Å². The molecule has 28 heavy (non-hydrogen) atoms. The van der Waals surface area contributed by atoms with Gasteiger partial charge in [0.05, 0.1) is 0 Å². The Bertz CT molecular complexity index is 914. The van der Waals surface area contributed by atoms with Crippen LogP contribution in [0, 0.1) is 0 Å². The van der Waals surface area contributed by atoms with Crippen molar-refractivity contribution in [3.05, 3.63) is 60.7 Å². The van der Waals surface area contributed by atoms with Gasteiger partial charge >= 0.3 is 11.3 Å². The van der Waals surface area contributed by atoms with Crippen LogP contribution in [0.15, 0.2) is 60.7 Å². The number of esters is 1. The molecule has 0 aromatic heterocycles. The molecule has 1 aliphatic heterocycles. The highest BCUT2D eigenvalue weighted by Crippen LogP contribution is 2.42. The summed E-state index contributed by atoms with van der Waals surface area (Å²) in [7, 11) is -7.37. The van der Waals surface area contributed by atoms with Gasteiger partial charge in [0, 0.05) is 6.26 Å². The summed E-state index contributed by atoms with van der Waals surface area (Å²) in [4.78, 5) is 11.8. The monoisotopic (exact) mass is 420 g/mol. The predicted molar refractivity (Wildman–Crippen MR) is 108 cm³/mol. The average molecular weight is 421 g/mol. The highest BCUT2D eigenvalue weighted by molar-refractivity contribution is 7.91. The number of rotatable bonds is 5. The second kappa shape index (κ2) is 7.11. The summed E-state index contributed by atoms with van der Waals surface area (Å²) in [5, 5.41) is -1.27. The van der Waals surface area contributed by atoms with Gasteiger partial charge in [-0.05, 0) is 15.4 Å². The van der Waals surface area contributed by atoms with Crippen LogP contribution < -0.4 is 10.4 Å². The van der Waals surface area contributed by atoms with Crippen molar-refractivity contribution in [2.24, 2.45) is 0 Å². The predicted octanol–water partition coefficient (Wildman–Crippen LogP) is 1.79. The van der Waals surface area contributed by atoms with Crippen molar-refractivity contribution in [3.63, 3.8) is 0 Å². The van der Waals surface area contributed by atoms with E-state index in [1.165, 1.54) is 0 Å². The lowest BCUT2D eigenvalue weighted by molar-refractivity contribution is -0.222. The Balaban J connectivity index is 2.32. The van der Waals surface area contributed by atoms with E-state index in [0.717, 1.165) is 16.6 Å². The van der Waals surface area contributed by atoms with E-state index in [0.29, 0.717) is 0 Å². The zero-order valence-electron chi connectivity index (χ0n) is 16.3. The molecular formula is C20H24O6SSi. The van der Waals surface area contributed by atoms with Gasteiger partial charge in [0.2, 0.25) is 9.84 Å². The fraction of sp³-hybridized carbons (Fsp3) is 0.350. The second-order valence-electron chi connectivity index (χ2n) is 7.80. The minimum Gasteiger partial charge on any atom is -0.394 e. The Morgan fingerprint density at radius 3 is 1.75 bits per heavy atom. The van der Waals surface area contributed by atoms with E-state index in [1.807, 2.05) is 81.4 Å². The van der Waals surface area contributed by atoms with Crippen molar-refractivity contribution in [2.75, 3.05) is 12.9 Å². The van der Waals surface area contributed by atoms with Crippen LogP contribution in [0.5, 0.6) is 0 Å². The maximum absolute atomic E-state index is 12.7. The molecule has 0 amide bonds. The SMILES string of the molecule is CC(C)(C)[Si](OC1(S(C)(=O)=O)OCC(=O)O1)(c1ccccc1)c1ccccc1. The zero-order valence-corrected chi connectivity index (χ0v) is 18.2. The van der Waals surface area contributed by atoms with Crippen LogP contribution in [-0.4, -0.2) is 40.9 Å². The first-order valence-corrected chi connectivity index (χ1v) is 12.7. The summed E-state index contributed by atoms with van der Waals surface area (Å²) >= 11 is 0. The van der Waals surface area contributed by atoms with Crippen LogP contribution in [0.2, 0.25) is 5.04 Å². The number of benzene rings is 2. The minimum absolute atomic E-state index is 0.481. The molecule has 8 heteroatoms. The molecule has 1 unspecified atom stereocenters. The first kappa shape index (κ1) is 20.7. The van der Waals surface area contributed by atoms with Crippen LogP contribution in [0.4, 0.5) is 0 Å². The number of hydrogen-bond acceptors (Lipinski definition) is 6. The molecule has 1 fully saturated rings. The molecule has 2 aromatic carbocycles.